The summed E-state index contributed by atoms with van der Waals surface area (Å²) in [4.78, 5) is 19.3. The van der Waals surface area contributed by atoms with Gasteiger partial charge in [-0.05, 0) is 31.4 Å². The maximum absolute atomic E-state index is 14.9. The molecule has 0 amide bonds. The zero-order valence-electron chi connectivity index (χ0n) is 18.0. The van der Waals surface area contributed by atoms with Crippen LogP contribution in [0.5, 0.6) is 5.88 Å². The molecule has 15 heteroatoms. The Morgan fingerprint density at radius 2 is 2.09 bits per heavy atom. The van der Waals surface area contributed by atoms with Crippen LogP contribution in [0.2, 0.25) is 10.4 Å². The summed E-state index contributed by atoms with van der Waals surface area (Å²) in [6.45, 7) is 1.05. The third-order valence-electron chi connectivity index (χ3n) is 5.39. The van der Waals surface area contributed by atoms with Crippen molar-refractivity contribution in [2.45, 2.75) is 38.4 Å². The fourth-order valence-corrected chi connectivity index (χ4v) is 4.16. The monoisotopic (exact) mass is 509 g/mol. The summed E-state index contributed by atoms with van der Waals surface area (Å²) >= 11 is 11.9. The SMILES string of the molecule is Cc1cc(-n2nc(OCC(F)Cn3nc(Cl)c4cnc(Cl)nc43)c([N+](=O)[O-])c2C2CC2)n(C)n1. The van der Waals surface area contributed by atoms with E-state index in [1.807, 2.05) is 6.92 Å². The fourth-order valence-electron chi connectivity index (χ4n) is 3.80. The third-order valence-corrected chi connectivity index (χ3v) is 5.85. The summed E-state index contributed by atoms with van der Waals surface area (Å²) in [6, 6.07) is 1.77. The summed E-state index contributed by atoms with van der Waals surface area (Å²) in [7, 11) is 1.72. The highest BCUT2D eigenvalue weighted by Crippen LogP contribution is 2.48. The molecule has 0 aliphatic heterocycles. The number of halogens is 3. The van der Waals surface area contributed by atoms with Crippen LogP contribution in [0, 0.1) is 17.0 Å². The maximum atomic E-state index is 14.9. The topological polar surface area (TPSA) is 132 Å². The van der Waals surface area contributed by atoms with Gasteiger partial charge in [-0.2, -0.15) is 15.2 Å². The number of hydrogen-bond acceptors (Lipinski definition) is 8. The number of nitrogens with zero attached hydrogens (tertiary/aromatic N) is 9. The molecule has 1 atom stereocenters. The maximum Gasteiger partial charge on any atom is 0.354 e. The number of alkyl halides is 1. The third kappa shape index (κ3) is 4.05. The van der Waals surface area contributed by atoms with Crippen LogP contribution >= 0.6 is 23.2 Å². The van der Waals surface area contributed by atoms with Gasteiger partial charge in [0.05, 0.1) is 22.5 Å². The van der Waals surface area contributed by atoms with E-state index in [0.29, 0.717) is 16.9 Å². The average molecular weight is 510 g/mol. The van der Waals surface area contributed by atoms with Crippen LogP contribution in [-0.2, 0) is 13.6 Å². The summed E-state index contributed by atoms with van der Waals surface area (Å²) in [5, 5.41) is 25.1. The van der Waals surface area contributed by atoms with E-state index in [-0.39, 0.29) is 40.1 Å². The van der Waals surface area contributed by atoms with Gasteiger partial charge in [0.25, 0.3) is 0 Å². The fraction of sp³-hybridized carbons (Fsp3) is 0.421. The van der Waals surface area contributed by atoms with Crippen molar-refractivity contribution >= 4 is 39.9 Å². The van der Waals surface area contributed by atoms with E-state index in [1.54, 1.807) is 17.8 Å². The first kappa shape index (κ1) is 22.5. The van der Waals surface area contributed by atoms with Crippen LogP contribution in [0.25, 0.3) is 16.9 Å². The molecule has 0 aromatic carbocycles. The van der Waals surface area contributed by atoms with Crippen molar-refractivity contribution in [1.82, 2.24) is 39.3 Å². The first-order chi connectivity index (χ1) is 16.2. The summed E-state index contributed by atoms with van der Waals surface area (Å²) in [5.74, 6) is 0.286. The quantitative estimate of drug-likeness (QED) is 0.200. The van der Waals surface area contributed by atoms with Gasteiger partial charge in [0.2, 0.25) is 5.28 Å². The standard InChI is InChI=1S/C19H18Cl2FN9O3/c1-9-5-13(28(2)25-9)30-14(10-3-4-10)15(31(32)33)18(27-30)34-8-11(22)7-29-17-12(16(20)26-29)6-23-19(21)24-17/h5-6,10-11H,3-4,7-8H2,1-2H3. The Bertz CT molecular complexity index is 1410. The Hall–Kier alpha value is -3.32. The van der Waals surface area contributed by atoms with Gasteiger partial charge in [0, 0.05) is 25.2 Å². The second-order valence-electron chi connectivity index (χ2n) is 8.01. The molecule has 0 N–H and O–H groups in total. The van der Waals surface area contributed by atoms with Crippen LogP contribution in [0.15, 0.2) is 12.3 Å². The number of hydrogen-bond donors (Lipinski definition) is 0. The molecule has 0 bridgehead atoms. The van der Waals surface area contributed by atoms with Crippen molar-refractivity contribution in [3.63, 3.8) is 0 Å². The van der Waals surface area contributed by atoms with Crippen LogP contribution in [0.1, 0.15) is 30.1 Å². The molecule has 1 aliphatic carbocycles. The smallest absolute Gasteiger partial charge is 0.354 e. The molecule has 4 aromatic heterocycles. The van der Waals surface area contributed by atoms with Gasteiger partial charge in [-0.3, -0.25) is 14.8 Å². The minimum atomic E-state index is -1.60. The van der Waals surface area contributed by atoms with Crippen LogP contribution in [0.3, 0.4) is 0 Å². The summed E-state index contributed by atoms with van der Waals surface area (Å²) < 4.78 is 24.7. The van der Waals surface area contributed by atoms with E-state index in [2.05, 4.69) is 25.3 Å². The molecule has 1 aliphatic rings. The van der Waals surface area contributed by atoms with Gasteiger partial charge in [-0.25, -0.2) is 18.7 Å². The highest BCUT2D eigenvalue weighted by molar-refractivity contribution is 6.34. The number of ether oxygens (including phenoxy) is 1. The Morgan fingerprint density at radius 3 is 2.74 bits per heavy atom. The lowest BCUT2D eigenvalue weighted by atomic mass is 10.2. The second-order valence-corrected chi connectivity index (χ2v) is 8.70. The molecule has 1 unspecified atom stereocenters. The molecular weight excluding hydrogens is 492 g/mol. The molecule has 0 radical (unpaired) electrons. The van der Waals surface area contributed by atoms with Crippen molar-refractivity contribution in [2.75, 3.05) is 6.61 Å². The van der Waals surface area contributed by atoms with Gasteiger partial charge in [0.1, 0.15) is 12.3 Å². The predicted molar refractivity (Wildman–Crippen MR) is 119 cm³/mol. The van der Waals surface area contributed by atoms with E-state index >= 15 is 0 Å². The van der Waals surface area contributed by atoms with Gasteiger partial charge in [-0.15, -0.1) is 5.10 Å². The van der Waals surface area contributed by atoms with Gasteiger partial charge >= 0.3 is 11.6 Å². The Labute approximate surface area is 201 Å². The van der Waals surface area contributed by atoms with Gasteiger partial charge < -0.3 is 4.74 Å². The number of aryl methyl sites for hydroxylation is 2. The molecule has 5 rings (SSSR count). The highest BCUT2D eigenvalue weighted by atomic mass is 35.5. The highest BCUT2D eigenvalue weighted by Gasteiger charge is 2.40. The van der Waals surface area contributed by atoms with Crippen molar-refractivity contribution in [1.29, 1.82) is 0 Å². The number of aromatic nitrogens is 8. The van der Waals surface area contributed by atoms with Crippen LogP contribution in [0.4, 0.5) is 10.1 Å². The van der Waals surface area contributed by atoms with Crippen molar-refractivity contribution in [2.24, 2.45) is 7.05 Å². The van der Waals surface area contributed by atoms with Crippen molar-refractivity contribution < 1.29 is 14.1 Å². The number of fused-ring (bicyclic) bond motifs is 1. The molecule has 0 saturated heterocycles. The number of nitro groups is 1. The Kier molecular flexibility index (Phi) is 5.60. The largest absolute Gasteiger partial charge is 0.469 e. The lowest BCUT2D eigenvalue weighted by Gasteiger charge is -2.09. The van der Waals surface area contributed by atoms with E-state index in [1.165, 1.54) is 15.6 Å². The first-order valence-electron chi connectivity index (χ1n) is 10.3. The summed E-state index contributed by atoms with van der Waals surface area (Å²) in [5.41, 5.74) is 1.17. The molecule has 12 nitrogen and oxygen atoms in total. The molecule has 1 fully saturated rings. The van der Waals surface area contributed by atoms with E-state index in [9.17, 15) is 14.5 Å². The Balaban J connectivity index is 1.41. The average Bonchev–Trinajstić information content (AvgIpc) is 3.36. The van der Waals surface area contributed by atoms with Crippen LogP contribution in [-0.4, -0.2) is 57.0 Å². The molecule has 4 aromatic rings. The molecule has 1 saturated carbocycles. The van der Waals surface area contributed by atoms with Crippen molar-refractivity contribution in [3.8, 4) is 11.7 Å². The summed E-state index contributed by atoms with van der Waals surface area (Å²) in [6.07, 6.45) is 1.40. The van der Waals surface area contributed by atoms with E-state index in [4.69, 9.17) is 27.9 Å². The number of rotatable bonds is 8. The Morgan fingerprint density at radius 1 is 1.32 bits per heavy atom. The lowest BCUT2D eigenvalue weighted by molar-refractivity contribution is -0.386. The minimum absolute atomic E-state index is 0.0244. The predicted octanol–water partition coefficient (Wildman–Crippen LogP) is 3.56. The molecule has 178 valence electrons. The van der Waals surface area contributed by atoms with Gasteiger partial charge in [-0.1, -0.05) is 11.6 Å². The zero-order chi connectivity index (χ0) is 24.1. The molecular formula is C19H18Cl2FN9O3. The lowest BCUT2D eigenvalue weighted by Crippen LogP contribution is -2.21. The normalized spacial score (nSPS) is 14.6. The first-order valence-corrected chi connectivity index (χ1v) is 11.1. The molecule has 0 spiro atoms. The molecule has 34 heavy (non-hydrogen) atoms. The zero-order valence-corrected chi connectivity index (χ0v) is 19.5. The van der Waals surface area contributed by atoms with Crippen molar-refractivity contribution in [3.05, 3.63) is 44.2 Å². The minimum Gasteiger partial charge on any atom is -0.469 e. The molecule has 4 heterocycles. The second kappa shape index (κ2) is 8.47. The van der Waals surface area contributed by atoms with E-state index < -0.39 is 17.7 Å². The van der Waals surface area contributed by atoms with E-state index in [0.717, 1.165) is 18.5 Å². The van der Waals surface area contributed by atoms with Gasteiger partial charge in [0.15, 0.2) is 22.8 Å². The van der Waals surface area contributed by atoms with Crippen LogP contribution < -0.4 is 4.74 Å².